The highest BCUT2D eigenvalue weighted by Gasteiger charge is 2.61. The molecule has 0 aromatic heterocycles. The van der Waals surface area contributed by atoms with Crippen LogP contribution in [-0.4, -0.2) is 21.3 Å². The molecule has 2 fully saturated rings. The lowest BCUT2D eigenvalue weighted by Crippen LogP contribution is -2.50. The van der Waals surface area contributed by atoms with E-state index >= 15 is 0 Å². The van der Waals surface area contributed by atoms with E-state index in [0.29, 0.717) is 23.5 Å². The second kappa shape index (κ2) is 5.26. The van der Waals surface area contributed by atoms with Crippen molar-refractivity contribution in [2.24, 2.45) is 17.3 Å². The molecule has 0 spiro atoms. The maximum absolute atomic E-state index is 10.9. The largest absolute Gasteiger partial charge is 0.508 e. The average Bonchev–Trinajstić information content (AvgIpc) is 2.79. The third-order valence-electron chi connectivity index (χ3n) is 7.10. The fraction of sp³-hybridized carbons (Fsp3) is 0.600. The van der Waals surface area contributed by atoms with Crippen LogP contribution in [-0.2, 0) is 6.42 Å². The Bertz CT molecular complexity index is 661. The molecule has 0 radical (unpaired) electrons. The molecule has 124 valence electrons. The minimum absolute atomic E-state index is 0. The van der Waals surface area contributed by atoms with Crippen LogP contribution in [0.5, 0.6) is 5.75 Å². The van der Waals surface area contributed by atoms with E-state index in [9.17, 15) is 10.2 Å². The Hall–Kier alpha value is -1.50. The monoisotopic (exact) mass is 314 g/mol. The van der Waals surface area contributed by atoms with E-state index in [4.69, 9.17) is 6.42 Å². The number of aryl methyl sites for hydroxylation is 1. The molecule has 1 aromatic rings. The molecule has 4 N–H and O–H groups in total. The van der Waals surface area contributed by atoms with Gasteiger partial charge in [-0.1, -0.05) is 18.9 Å². The third-order valence-corrected chi connectivity index (χ3v) is 7.10. The fourth-order valence-corrected chi connectivity index (χ4v) is 5.82. The molecule has 3 nitrogen and oxygen atoms in total. The van der Waals surface area contributed by atoms with Gasteiger partial charge in [-0.15, -0.1) is 6.42 Å². The third kappa shape index (κ3) is 2.05. The lowest BCUT2D eigenvalue weighted by atomic mass is 9.53. The molecule has 0 amide bonds. The zero-order valence-electron chi connectivity index (χ0n) is 13.7. The predicted molar refractivity (Wildman–Crippen MR) is 90.1 cm³/mol. The number of hydrogen-bond donors (Lipinski definition) is 2. The van der Waals surface area contributed by atoms with Gasteiger partial charge >= 0.3 is 0 Å². The molecule has 1 unspecified atom stereocenters. The molecule has 3 heteroatoms. The van der Waals surface area contributed by atoms with Crippen LogP contribution in [0.15, 0.2) is 18.2 Å². The van der Waals surface area contributed by atoms with Crippen LogP contribution in [0.3, 0.4) is 0 Å². The topological polar surface area (TPSA) is 72.0 Å². The van der Waals surface area contributed by atoms with Gasteiger partial charge in [0, 0.05) is 5.41 Å². The van der Waals surface area contributed by atoms with Crippen LogP contribution in [0.4, 0.5) is 0 Å². The molecule has 0 saturated heterocycles. The van der Waals surface area contributed by atoms with Gasteiger partial charge in [0.2, 0.25) is 0 Å². The van der Waals surface area contributed by atoms with Crippen molar-refractivity contribution in [3.63, 3.8) is 0 Å². The normalized spacial score (nSPS) is 41.0. The standard InChI is InChI=1S/C20H24O2.H2O/c1-3-20(22)11-9-18-17-6-4-13-12-14(21)5-7-15(13)16(17)8-10-19(18,20)2;/h1,5,7,12,16-18,21-22H,4,6,8-11H2,2H3;1H2/t16-,17-,18+,19?,20+;/m1./s1. The molecule has 23 heavy (non-hydrogen) atoms. The SMILES string of the molecule is C#C[C@]1(O)CC[C@H]2[C@@H]3CCc4cc(O)ccc4[C@H]3CCC21C.O. The average molecular weight is 314 g/mol. The maximum atomic E-state index is 10.9. The first kappa shape index (κ1) is 16.4. The molecule has 3 aliphatic carbocycles. The van der Waals surface area contributed by atoms with Crippen LogP contribution in [0.2, 0.25) is 0 Å². The lowest BCUT2D eigenvalue weighted by Gasteiger charge is -2.52. The molecule has 4 rings (SSSR count). The van der Waals surface area contributed by atoms with Gasteiger partial charge in [0.1, 0.15) is 11.4 Å². The first-order chi connectivity index (χ1) is 10.5. The summed E-state index contributed by atoms with van der Waals surface area (Å²) in [5.74, 6) is 4.82. The number of rotatable bonds is 0. The second-order valence-corrected chi connectivity index (χ2v) is 7.80. The Kier molecular flexibility index (Phi) is 3.74. The summed E-state index contributed by atoms with van der Waals surface area (Å²) in [4.78, 5) is 0. The first-order valence-corrected chi connectivity index (χ1v) is 8.50. The Morgan fingerprint density at radius 3 is 2.74 bits per heavy atom. The van der Waals surface area contributed by atoms with Gasteiger partial charge < -0.3 is 15.7 Å². The van der Waals surface area contributed by atoms with E-state index in [1.807, 2.05) is 12.1 Å². The van der Waals surface area contributed by atoms with Crippen molar-refractivity contribution >= 4 is 0 Å². The van der Waals surface area contributed by atoms with Crippen molar-refractivity contribution in [2.45, 2.75) is 57.0 Å². The molecule has 1 aromatic carbocycles. The number of hydrogen-bond acceptors (Lipinski definition) is 2. The minimum Gasteiger partial charge on any atom is -0.508 e. The fourth-order valence-electron chi connectivity index (χ4n) is 5.82. The van der Waals surface area contributed by atoms with Gasteiger partial charge in [-0.3, -0.25) is 0 Å². The number of benzene rings is 1. The Morgan fingerprint density at radius 1 is 1.22 bits per heavy atom. The van der Waals surface area contributed by atoms with E-state index in [1.165, 1.54) is 11.1 Å². The molecule has 0 aliphatic heterocycles. The molecular weight excluding hydrogens is 288 g/mol. The van der Waals surface area contributed by atoms with E-state index in [0.717, 1.165) is 38.5 Å². The van der Waals surface area contributed by atoms with E-state index < -0.39 is 5.60 Å². The molecule has 0 heterocycles. The van der Waals surface area contributed by atoms with Crippen LogP contribution < -0.4 is 0 Å². The number of aliphatic hydroxyl groups is 1. The Labute approximate surface area is 138 Å². The summed E-state index contributed by atoms with van der Waals surface area (Å²) in [6.45, 7) is 2.22. The Morgan fingerprint density at radius 2 is 2.00 bits per heavy atom. The highest BCUT2D eigenvalue weighted by atomic mass is 16.3. The van der Waals surface area contributed by atoms with Crippen LogP contribution in [0.1, 0.15) is 56.1 Å². The molecule has 3 aliphatic rings. The quantitative estimate of drug-likeness (QED) is 0.723. The Balaban J connectivity index is 0.00000156. The number of phenols is 1. The first-order valence-electron chi connectivity index (χ1n) is 8.50. The van der Waals surface area contributed by atoms with Crippen molar-refractivity contribution < 1.29 is 15.7 Å². The number of terminal acetylenes is 1. The summed E-state index contributed by atoms with van der Waals surface area (Å²) in [7, 11) is 0. The van der Waals surface area contributed by atoms with Gasteiger partial charge in [0.25, 0.3) is 0 Å². The van der Waals surface area contributed by atoms with Gasteiger partial charge in [0.15, 0.2) is 0 Å². The maximum Gasteiger partial charge on any atom is 0.130 e. The molecule has 2 saturated carbocycles. The molecule has 0 bridgehead atoms. The van der Waals surface area contributed by atoms with Crippen molar-refractivity contribution in [2.75, 3.05) is 0 Å². The van der Waals surface area contributed by atoms with Crippen molar-refractivity contribution in [1.29, 1.82) is 0 Å². The summed E-state index contributed by atoms with van der Waals surface area (Å²) in [6, 6.07) is 5.87. The summed E-state index contributed by atoms with van der Waals surface area (Å²) in [6.07, 6.45) is 11.8. The zero-order chi connectivity index (χ0) is 15.5. The summed E-state index contributed by atoms with van der Waals surface area (Å²) in [5, 5.41) is 20.6. The smallest absolute Gasteiger partial charge is 0.130 e. The van der Waals surface area contributed by atoms with Crippen molar-refractivity contribution in [3.8, 4) is 18.1 Å². The number of fused-ring (bicyclic) bond motifs is 5. The van der Waals surface area contributed by atoms with Crippen molar-refractivity contribution in [1.82, 2.24) is 0 Å². The van der Waals surface area contributed by atoms with E-state index in [1.54, 1.807) is 0 Å². The lowest BCUT2D eigenvalue weighted by molar-refractivity contribution is -0.0646. The summed E-state index contributed by atoms with van der Waals surface area (Å²) >= 11 is 0. The van der Waals surface area contributed by atoms with Gasteiger partial charge in [-0.2, -0.15) is 0 Å². The van der Waals surface area contributed by atoms with Crippen LogP contribution >= 0.6 is 0 Å². The van der Waals surface area contributed by atoms with Gasteiger partial charge in [-0.25, -0.2) is 0 Å². The molecule has 5 atom stereocenters. The molecular formula is C20H26O3. The minimum atomic E-state index is -0.919. The van der Waals surface area contributed by atoms with Crippen LogP contribution in [0, 0.1) is 29.6 Å². The van der Waals surface area contributed by atoms with Gasteiger partial charge in [0.05, 0.1) is 0 Å². The summed E-state index contributed by atoms with van der Waals surface area (Å²) in [5.41, 5.74) is 1.69. The van der Waals surface area contributed by atoms with Crippen LogP contribution in [0.25, 0.3) is 0 Å². The summed E-state index contributed by atoms with van der Waals surface area (Å²) < 4.78 is 0. The van der Waals surface area contributed by atoms with E-state index in [-0.39, 0.29) is 10.9 Å². The number of aromatic hydroxyl groups is 1. The second-order valence-electron chi connectivity index (χ2n) is 7.80. The van der Waals surface area contributed by atoms with E-state index in [2.05, 4.69) is 18.9 Å². The number of phenolic OH excluding ortho intramolecular Hbond substituents is 1. The van der Waals surface area contributed by atoms with Crippen molar-refractivity contribution in [3.05, 3.63) is 29.3 Å². The predicted octanol–water partition coefficient (Wildman–Crippen LogP) is 2.79. The highest BCUT2D eigenvalue weighted by Crippen LogP contribution is 2.64. The van der Waals surface area contributed by atoms with Gasteiger partial charge in [-0.05, 0) is 79.5 Å². The highest BCUT2D eigenvalue weighted by molar-refractivity contribution is 5.40. The zero-order valence-corrected chi connectivity index (χ0v) is 13.7.